The Kier molecular flexibility index (Phi) is 3.01. The first-order valence-electron chi connectivity index (χ1n) is 1.51. The summed E-state index contributed by atoms with van der Waals surface area (Å²) >= 11 is 0. The van der Waals surface area contributed by atoms with Crippen LogP contribution in [-0.4, -0.2) is 19.6 Å². The van der Waals surface area contributed by atoms with Crippen LogP contribution in [0.1, 0.15) is 0 Å². The average Bonchev–Trinajstić information content (AvgIpc) is 1.21. The van der Waals surface area contributed by atoms with E-state index in [4.69, 9.17) is 19.6 Å². The fraction of sp³-hybridized carbons (Fsp3) is 0. The molecule has 1 unspecified atom stereocenters. The first-order valence-corrected chi connectivity index (χ1v) is 4.52. The van der Waals surface area contributed by atoms with Crippen LogP contribution in [0.15, 0.2) is 0 Å². The molecule has 0 aromatic rings. The van der Waals surface area contributed by atoms with Crippen LogP contribution < -0.4 is 0 Å². The Hall–Kier alpha value is 0.460. The zero-order chi connectivity index (χ0) is 6.78. The molecule has 0 saturated carbocycles. The topological polar surface area (TPSA) is 107 Å². The maximum absolute atomic E-state index is 9.53. The van der Waals surface area contributed by atoms with Crippen molar-refractivity contribution in [3.05, 3.63) is 0 Å². The van der Waals surface area contributed by atoms with Gasteiger partial charge in [-0.1, -0.05) is 0 Å². The molecule has 0 bridgehead atoms. The van der Waals surface area contributed by atoms with E-state index in [2.05, 4.69) is 4.31 Å². The van der Waals surface area contributed by atoms with Crippen LogP contribution in [0.3, 0.4) is 0 Å². The SMILES string of the molecule is O=[PH](O)O[PH](O)(O)O. The second-order valence-electron chi connectivity index (χ2n) is 0.942. The second kappa shape index (κ2) is 2.85. The van der Waals surface area contributed by atoms with E-state index in [9.17, 15) is 4.57 Å². The summed E-state index contributed by atoms with van der Waals surface area (Å²) in [6, 6.07) is 0. The molecule has 0 aliphatic rings. The monoisotopic (exact) mass is 164 g/mol. The number of rotatable bonds is 2. The Morgan fingerprint density at radius 1 is 1.38 bits per heavy atom. The molecular formula is H6O6P2. The summed E-state index contributed by atoms with van der Waals surface area (Å²) < 4.78 is 12.9. The summed E-state index contributed by atoms with van der Waals surface area (Å²) in [7, 11) is -8.17. The van der Waals surface area contributed by atoms with E-state index in [0.717, 1.165) is 0 Å². The molecule has 0 aromatic heterocycles. The van der Waals surface area contributed by atoms with Gasteiger partial charge in [-0.3, -0.25) is 0 Å². The van der Waals surface area contributed by atoms with E-state index in [1.54, 1.807) is 0 Å². The van der Waals surface area contributed by atoms with Crippen molar-refractivity contribution in [3.63, 3.8) is 0 Å². The van der Waals surface area contributed by atoms with Gasteiger partial charge in [-0.25, -0.2) is 0 Å². The van der Waals surface area contributed by atoms with E-state index in [1.165, 1.54) is 0 Å². The van der Waals surface area contributed by atoms with Crippen molar-refractivity contribution in [1.29, 1.82) is 0 Å². The third-order valence-electron chi connectivity index (χ3n) is 0.224. The van der Waals surface area contributed by atoms with Gasteiger partial charge < -0.3 is 0 Å². The van der Waals surface area contributed by atoms with E-state index in [0.29, 0.717) is 0 Å². The van der Waals surface area contributed by atoms with Crippen LogP contribution in [0.2, 0.25) is 0 Å². The molecule has 0 amide bonds. The van der Waals surface area contributed by atoms with Gasteiger partial charge in [-0.05, 0) is 0 Å². The molecule has 0 rings (SSSR count). The van der Waals surface area contributed by atoms with Crippen LogP contribution in [-0.2, 0) is 8.88 Å². The Labute approximate surface area is 46.0 Å². The molecule has 0 aromatic carbocycles. The summed E-state index contributed by atoms with van der Waals surface area (Å²) in [4.78, 5) is 31.4. The van der Waals surface area contributed by atoms with E-state index >= 15 is 0 Å². The van der Waals surface area contributed by atoms with Crippen LogP contribution in [0.4, 0.5) is 0 Å². The van der Waals surface area contributed by atoms with Gasteiger partial charge in [-0.15, -0.1) is 0 Å². The standard InChI is InChI=1S/H6O6P2/c1-7(2)6-8(3,4)5/h3-5,7-8H,(H,1,2). The van der Waals surface area contributed by atoms with Crippen LogP contribution in [0.5, 0.6) is 0 Å². The van der Waals surface area contributed by atoms with Crippen LogP contribution >= 0.6 is 16.4 Å². The molecule has 0 spiro atoms. The normalized spacial score (nSPS) is 18.0. The molecule has 8 heavy (non-hydrogen) atoms. The van der Waals surface area contributed by atoms with Crippen molar-refractivity contribution >= 4 is 16.4 Å². The first kappa shape index (κ1) is 8.46. The van der Waals surface area contributed by atoms with Crippen LogP contribution in [0.25, 0.3) is 0 Å². The Balaban J connectivity index is 3.55. The quantitative estimate of drug-likeness (QED) is 0.380. The molecule has 4 N–H and O–H groups in total. The summed E-state index contributed by atoms with van der Waals surface area (Å²) in [6.07, 6.45) is 0. The molecule has 0 saturated heterocycles. The minimum absolute atomic E-state index is 3.34. The predicted octanol–water partition coefficient (Wildman–Crippen LogP) is -1.23. The van der Waals surface area contributed by atoms with Crippen LogP contribution in [0, 0.1) is 0 Å². The summed E-state index contributed by atoms with van der Waals surface area (Å²) in [5.41, 5.74) is 0. The van der Waals surface area contributed by atoms with Gasteiger partial charge in [0.15, 0.2) is 0 Å². The van der Waals surface area contributed by atoms with E-state index in [1.807, 2.05) is 0 Å². The van der Waals surface area contributed by atoms with Crippen molar-refractivity contribution in [1.82, 2.24) is 0 Å². The zero-order valence-corrected chi connectivity index (χ0v) is 5.61. The third-order valence-corrected chi connectivity index (χ3v) is 2.02. The molecule has 0 aliphatic carbocycles. The van der Waals surface area contributed by atoms with Gasteiger partial charge in [0, 0.05) is 0 Å². The maximum atomic E-state index is 9.53. The van der Waals surface area contributed by atoms with Crippen molar-refractivity contribution in [2.24, 2.45) is 0 Å². The van der Waals surface area contributed by atoms with Gasteiger partial charge in [0.2, 0.25) is 0 Å². The number of hydrogen-bond acceptors (Lipinski definition) is 5. The molecule has 0 radical (unpaired) electrons. The number of hydrogen-bond donors (Lipinski definition) is 4. The Bertz CT molecular complexity index is 89.2. The molecule has 1 atom stereocenters. The van der Waals surface area contributed by atoms with E-state index in [-0.39, 0.29) is 0 Å². The Morgan fingerprint density at radius 2 is 1.75 bits per heavy atom. The fourth-order valence-corrected chi connectivity index (χ4v) is 1.05. The van der Waals surface area contributed by atoms with Crippen molar-refractivity contribution in [2.75, 3.05) is 0 Å². The predicted molar refractivity (Wildman–Crippen MR) is 27.3 cm³/mol. The average molecular weight is 164 g/mol. The molecular weight excluding hydrogens is 158 g/mol. The first-order chi connectivity index (χ1) is 3.42. The third kappa shape index (κ3) is 6.46. The van der Waals surface area contributed by atoms with Gasteiger partial charge in [0.25, 0.3) is 0 Å². The van der Waals surface area contributed by atoms with E-state index < -0.39 is 16.4 Å². The van der Waals surface area contributed by atoms with Crippen molar-refractivity contribution in [2.45, 2.75) is 0 Å². The molecule has 0 aliphatic heterocycles. The second-order valence-corrected chi connectivity index (χ2v) is 3.44. The summed E-state index contributed by atoms with van der Waals surface area (Å²) in [6.45, 7) is 0. The van der Waals surface area contributed by atoms with Gasteiger partial charge in [0.1, 0.15) is 0 Å². The molecule has 52 valence electrons. The van der Waals surface area contributed by atoms with Gasteiger partial charge in [0.05, 0.1) is 0 Å². The van der Waals surface area contributed by atoms with Gasteiger partial charge >= 0.3 is 44.9 Å². The fourth-order valence-electron chi connectivity index (χ4n) is 0.117. The summed E-state index contributed by atoms with van der Waals surface area (Å²) in [5.74, 6) is 0. The molecule has 0 fully saturated rings. The van der Waals surface area contributed by atoms with Gasteiger partial charge in [-0.2, -0.15) is 0 Å². The van der Waals surface area contributed by atoms with Crippen molar-refractivity contribution < 1.29 is 28.4 Å². The summed E-state index contributed by atoms with van der Waals surface area (Å²) in [5, 5.41) is 0. The zero-order valence-electron chi connectivity index (χ0n) is 3.61. The Morgan fingerprint density at radius 3 is 1.75 bits per heavy atom. The molecule has 0 heterocycles. The minimum atomic E-state index is -4.74. The van der Waals surface area contributed by atoms with Crippen molar-refractivity contribution in [3.8, 4) is 0 Å². The molecule has 6 nitrogen and oxygen atoms in total. The molecule has 8 heteroatoms.